The normalized spacial score (nSPS) is 14.2. The van der Waals surface area contributed by atoms with Gasteiger partial charge in [-0.3, -0.25) is 4.90 Å². The van der Waals surface area contributed by atoms with Crippen molar-refractivity contribution >= 4 is 5.97 Å². The van der Waals surface area contributed by atoms with Gasteiger partial charge in [0.05, 0.1) is 6.61 Å². The number of hydrogen-bond donors (Lipinski definition) is 0. The van der Waals surface area contributed by atoms with Crippen molar-refractivity contribution in [1.29, 1.82) is 0 Å². The number of rotatable bonds is 11. The van der Waals surface area contributed by atoms with Crippen molar-refractivity contribution in [2.24, 2.45) is 0 Å². The van der Waals surface area contributed by atoms with Crippen LogP contribution < -0.4 is 4.74 Å². The standard InChI is InChI=1S/C22H37NO3/c1-8-11-16-23(17(4)9-2)18(5)19-12-14-20(15-13-19)26-22(6,7)21(24)25-10-3/h12-15,17-18H,8-11,16H2,1-7H3/t17-,18?/m0/s1. The zero-order valence-corrected chi connectivity index (χ0v) is 17.7. The van der Waals surface area contributed by atoms with Gasteiger partial charge in [-0.2, -0.15) is 0 Å². The van der Waals surface area contributed by atoms with Gasteiger partial charge < -0.3 is 9.47 Å². The maximum atomic E-state index is 12.0. The van der Waals surface area contributed by atoms with Gasteiger partial charge in [0.1, 0.15) is 5.75 Å². The van der Waals surface area contributed by atoms with Crippen LogP contribution in [-0.4, -0.2) is 35.7 Å². The van der Waals surface area contributed by atoms with Crippen molar-refractivity contribution < 1.29 is 14.3 Å². The third kappa shape index (κ3) is 6.31. The summed E-state index contributed by atoms with van der Waals surface area (Å²) in [6.45, 7) is 15.8. The summed E-state index contributed by atoms with van der Waals surface area (Å²) < 4.78 is 10.9. The monoisotopic (exact) mass is 363 g/mol. The third-order valence-electron chi connectivity index (χ3n) is 4.93. The van der Waals surface area contributed by atoms with E-state index < -0.39 is 5.60 Å². The maximum Gasteiger partial charge on any atom is 0.349 e. The quantitative estimate of drug-likeness (QED) is 0.496. The van der Waals surface area contributed by atoms with Crippen LogP contribution in [0.15, 0.2) is 24.3 Å². The molecular weight excluding hydrogens is 326 g/mol. The van der Waals surface area contributed by atoms with Gasteiger partial charge in [-0.1, -0.05) is 32.4 Å². The second-order valence-electron chi connectivity index (χ2n) is 7.43. The minimum absolute atomic E-state index is 0.347. The number of unbranched alkanes of at least 4 members (excludes halogenated alkanes) is 1. The van der Waals surface area contributed by atoms with Crippen LogP contribution >= 0.6 is 0 Å². The molecule has 1 unspecified atom stereocenters. The highest BCUT2D eigenvalue weighted by molar-refractivity contribution is 5.79. The van der Waals surface area contributed by atoms with Gasteiger partial charge in [-0.25, -0.2) is 4.79 Å². The van der Waals surface area contributed by atoms with E-state index in [4.69, 9.17) is 9.47 Å². The maximum absolute atomic E-state index is 12.0. The van der Waals surface area contributed by atoms with E-state index in [1.165, 1.54) is 18.4 Å². The van der Waals surface area contributed by atoms with Crippen LogP contribution in [0.1, 0.15) is 79.3 Å². The molecule has 26 heavy (non-hydrogen) atoms. The molecule has 0 radical (unpaired) electrons. The van der Waals surface area contributed by atoms with Crippen LogP contribution in [0.5, 0.6) is 5.75 Å². The predicted molar refractivity (Wildman–Crippen MR) is 108 cm³/mol. The smallest absolute Gasteiger partial charge is 0.349 e. The van der Waals surface area contributed by atoms with Gasteiger partial charge in [0.2, 0.25) is 0 Å². The van der Waals surface area contributed by atoms with E-state index in [-0.39, 0.29) is 5.97 Å². The fourth-order valence-electron chi connectivity index (χ4n) is 3.02. The molecule has 0 bridgehead atoms. The van der Waals surface area contributed by atoms with Crippen LogP contribution in [0.3, 0.4) is 0 Å². The molecule has 2 atom stereocenters. The Morgan fingerprint density at radius 1 is 1.12 bits per heavy atom. The molecule has 1 aromatic rings. The summed E-state index contributed by atoms with van der Waals surface area (Å²) in [7, 11) is 0. The number of benzene rings is 1. The first-order valence-corrected chi connectivity index (χ1v) is 9.98. The van der Waals surface area contributed by atoms with E-state index in [0.717, 1.165) is 13.0 Å². The van der Waals surface area contributed by atoms with Crippen molar-refractivity contribution in [1.82, 2.24) is 4.90 Å². The number of carbonyl (C=O) groups excluding carboxylic acids is 1. The Morgan fingerprint density at radius 2 is 1.73 bits per heavy atom. The van der Waals surface area contributed by atoms with Gasteiger partial charge in [0.25, 0.3) is 0 Å². The molecule has 0 aromatic heterocycles. The van der Waals surface area contributed by atoms with E-state index in [1.54, 1.807) is 20.8 Å². The molecule has 0 amide bonds. The fourth-order valence-corrected chi connectivity index (χ4v) is 3.02. The van der Waals surface area contributed by atoms with E-state index >= 15 is 0 Å². The highest BCUT2D eigenvalue weighted by atomic mass is 16.6. The molecule has 0 aliphatic rings. The van der Waals surface area contributed by atoms with Crippen LogP contribution in [0.25, 0.3) is 0 Å². The average molecular weight is 364 g/mol. The molecule has 0 heterocycles. The van der Waals surface area contributed by atoms with Crippen molar-refractivity contribution in [3.8, 4) is 5.75 Å². The van der Waals surface area contributed by atoms with Gasteiger partial charge >= 0.3 is 5.97 Å². The number of esters is 1. The molecule has 0 aliphatic heterocycles. The van der Waals surface area contributed by atoms with E-state index in [2.05, 4.69) is 44.7 Å². The Morgan fingerprint density at radius 3 is 2.23 bits per heavy atom. The van der Waals surface area contributed by atoms with Crippen molar-refractivity contribution in [3.05, 3.63) is 29.8 Å². The Bertz CT molecular complexity index is 539. The van der Waals surface area contributed by atoms with Crippen molar-refractivity contribution in [2.45, 2.75) is 85.4 Å². The first kappa shape index (κ1) is 22.5. The Labute approximate surface area is 159 Å². The Balaban J connectivity index is 2.85. The minimum Gasteiger partial charge on any atom is -0.476 e. The van der Waals surface area contributed by atoms with Crippen molar-refractivity contribution in [2.75, 3.05) is 13.2 Å². The Kier molecular flexibility index (Phi) is 9.14. The lowest BCUT2D eigenvalue weighted by atomic mass is 10.0. The summed E-state index contributed by atoms with van der Waals surface area (Å²) >= 11 is 0. The summed E-state index contributed by atoms with van der Waals surface area (Å²) in [6, 6.07) is 8.99. The lowest BCUT2D eigenvalue weighted by Gasteiger charge is -2.34. The number of hydrogen-bond acceptors (Lipinski definition) is 4. The molecule has 0 saturated heterocycles. The lowest BCUT2D eigenvalue weighted by molar-refractivity contribution is -0.158. The zero-order chi connectivity index (χ0) is 19.7. The molecular formula is C22H37NO3. The highest BCUT2D eigenvalue weighted by Crippen LogP contribution is 2.27. The number of nitrogens with zero attached hydrogens (tertiary/aromatic N) is 1. The molecule has 0 aliphatic carbocycles. The van der Waals surface area contributed by atoms with Crippen molar-refractivity contribution in [3.63, 3.8) is 0 Å². The van der Waals surface area contributed by atoms with Gasteiger partial charge in [-0.15, -0.1) is 0 Å². The molecule has 0 N–H and O–H groups in total. The summed E-state index contributed by atoms with van der Waals surface area (Å²) in [5.74, 6) is 0.336. The van der Waals surface area contributed by atoms with E-state index in [1.807, 2.05) is 12.1 Å². The SMILES string of the molecule is CCCCN(C(C)c1ccc(OC(C)(C)C(=O)OCC)cc1)[C@@H](C)CC. The number of carbonyl (C=O) groups is 1. The van der Waals surface area contributed by atoms with Gasteiger partial charge in [-0.05, 0) is 71.7 Å². The second-order valence-corrected chi connectivity index (χ2v) is 7.43. The summed E-state index contributed by atoms with van der Waals surface area (Å²) in [6.07, 6.45) is 3.56. The van der Waals surface area contributed by atoms with Gasteiger partial charge in [0, 0.05) is 12.1 Å². The lowest BCUT2D eigenvalue weighted by Crippen LogP contribution is -2.39. The van der Waals surface area contributed by atoms with Crippen LogP contribution in [0.2, 0.25) is 0 Å². The second kappa shape index (κ2) is 10.6. The third-order valence-corrected chi connectivity index (χ3v) is 4.93. The molecule has 0 fully saturated rings. The summed E-state index contributed by atoms with van der Waals surface area (Å²) in [5, 5.41) is 0. The van der Waals surface area contributed by atoms with Gasteiger partial charge in [0.15, 0.2) is 5.60 Å². The van der Waals surface area contributed by atoms with E-state index in [9.17, 15) is 4.79 Å². The molecule has 0 saturated carbocycles. The summed E-state index contributed by atoms with van der Waals surface area (Å²) in [4.78, 5) is 14.6. The first-order valence-electron chi connectivity index (χ1n) is 9.98. The molecule has 1 aromatic carbocycles. The predicted octanol–water partition coefficient (Wildman–Crippen LogP) is 5.37. The van der Waals surface area contributed by atoms with E-state index in [0.29, 0.717) is 24.4 Å². The molecule has 4 heteroatoms. The van der Waals surface area contributed by atoms with Crippen LogP contribution in [0, 0.1) is 0 Å². The molecule has 0 spiro atoms. The largest absolute Gasteiger partial charge is 0.476 e. The zero-order valence-electron chi connectivity index (χ0n) is 17.7. The average Bonchev–Trinajstić information content (AvgIpc) is 2.62. The molecule has 4 nitrogen and oxygen atoms in total. The van der Waals surface area contributed by atoms with Crippen LogP contribution in [-0.2, 0) is 9.53 Å². The highest BCUT2D eigenvalue weighted by Gasteiger charge is 2.31. The molecule has 1 rings (SSSR count). The summed E-state index contributed by atoms with van der Waals surface area (Å²) in [5.41, 5.74) is 0.273. The first-order chi connectivity index (χ1) is 12.3. The topological polar surface area (TPSA) is 38.8 Å². The Hall–Kier alpha value is -1.55. The number of ether oxygens (including phenoxy) is 2. The van der Waals surface area contributed by atoms with Crippen LogP contribution in [0.4, 0.5) is 0 Å². The minimum atomic E-state index is -0.993. The fraction of sp³-hybridized carbons (Fsp3) is 0.682. The molecule has 148 valence electrons.